The molecule has 0 unspecified atom stereocenters. The van der Waals surface area contributed by atoms with Crippen LogP contribution in [0, 0.1) is 0 Å². The van der Waals surface area contributed by atoms with Crippen LogP contribution in [-0.2, 0) is 9.53 Å². The molecular weight excluding hydrogens is 314 g/mol. The van der Waals surface area contributed by atoms with Crippen molar-refractivity contribution in [3.05, 3.63) is 42.0 Å². The summed E-state index contributed by atoms with van der Waals surface area (Å²) in [6.07, 6.45) is 2.65. The number of ether oxygens (including phenoxy) is 2. The Morgan fingerprint density at radius 1 is 1.33 bits per heavy atom. The van der Waals surface area contributed by atoms with Crippen LogP contribution in [0.15, 0.2) is 36.4 Å². The van der Waals surface area contributed by atoms with E-state index in [1.165, 1.54) is 11.6 Å². The zero-order chi connectivity index (χ0) is 17.8. The second kappa shape index (κ2) is 11.6. The number of aliphatic hydroxyl groups excluding tert-OH is 2. The van der Waals surface area contributed by atoms with Gasteiger partial charge in [0.15, 0.2) is 0 Å². The van der Waals surface area contributed by atoms with Crippen molar-refractivity contribution in [3.8, 4) is 5.75 Å². The number of hydrogen-bond acceptors (Lipinski definition) is 6. The topological polar surface area (TPSA) is 108 Å². The molecule has 7 nitrogen and oxygen atoms in total. The van der Waals surface area contributed by atoms with Gasteiger partial charge in [0, 0.05) is 12.7 Å². The second-order valence-corrected chi connectivity index (χ2v) is 5.04. The number of carbonyl (C=O) groups is 1. The molecule has 2 atom stereocenters. The van der Waals surface area contributed by atoms with Gasteiger partial charge in [-0.1, -0.05) is 18.2 Å². The van der Waals surface area contributed by atoms with Crippen molar-refractivity contribution in [2.45, 2.75) is 32.0 Å². The summed E-state index contributed by atoms with van der Waals surface area (Å²) < 4.78 is 10.9. The van der Waals surface area contributed by atoms with Crippen LogP contribution >= 0.6 is 0 Å². The van der Waals surface area contributed by atoms with Gasteiger partial charge < -0.3 is 19.7 Å². The average molecular weight is 339 g/mol. The first-order chi connectivity index (χ1) is 11.6. The smallest absolute Gasteiger partial charge is 0.267 e. The first kappa shape index (κ1) is 20.1. The molecular formula is C17H25NO6. The lowest BCUT2D eigenvalue weighted by atomic mass is 10.0. The maximum absolute atomic E-state index is 10.9. The number of rotatable bonds is 11. The van der Waals surface area contributed by atoms with Gasteiger partial charge in [0.2, 0.25) is 0 Å². The normalized spacial score (nSPS) is 13.7. The molecule has 1 aromatic rings. The Morgan fingerprint density at radius 2 is 2.04 bits per heavy atom. The lowest BCUT2D eigenvalue weighted by Crippen LogP contribution is -2.22. The molecule has 0 aliphatic rings. The molecule has 0 spiro atoms. The highest BCUT2D eigenvalue weighted by molar-refractivity contribution is 5.86. The molecule has 0 radical (unpaired) electrons. The van der Waals surface area contributed by atoms with E-state index in [1.807, 2.05) is 6.92 Å². The summed E-state index contributed by atoms with van der Waals surface area (Å²) in [7, 11) is 0. The van der Waals surface area contributed by atoms with Gasteiger partial charge in [-0.2, -0.15) is 0 Å². The van der Waals surface area contributed by atoms with Gasteiger partial charge in [-0.3, -0.25) is 10.0 Å². The van der Waals surface area contributed by atoms with Gasteiger partial charge in [-0.15, -0.1) is 0 Å². The number of aliphatic hydroxyl groups is 2. The van der Waals surface area contributed by atoms with Crippen LogP contribution in [0.5, 0.6) is 5.75 Å². The Morgan fingerprint density at radius 3 is 2.62 bits per heavy atom. The summed E-state index contributed by atoms with van der Waals surface area (Å²) in [5.41, 5.74) is 2.21. The standard InChI is InChI=1S/C17H25NO6/c1-2-23-15(5-3-4-6-16(20)18-22)17(21)13-7-9-14(10-8-13)24-12-11-19/h4,6-10,15,17,19,21-22H,2-3,5,11-12H2,1H3,(H,18,20)/b6-4+/t15-,17-/m1/s1. The van der Waals surface area contributed by atoms with E-state index in [4.69, 9.17) is 19.8 Å². The van der Waals surface area contributed by atoms with Crippen LogP contribution in [0.25, 0.3) is 0 Å². The van der Waals surface area contributed by atoms with Crippen molar-refractivity contribution in [2.75, 3.05) is 19.8 Å². The predicted molar refractivity (Wildman–Crippen MR) is 87.7 cm³/mol. The molecule has 1 aromatic carbocycles. The highest BCUT2D eigenvalue weighted by atomic mass is 16.5. The van der Waals surface area contributed by atoms with E-state index in [0.717, 1.165) is 0 Å². The number of nitrogens with one attached hydrogen (secondary N) is 1. The summed E-state index contributed by atoms with van der Waals surface area (Å²) in [6.45, 7) is 2.47. The van der Waals surface area contributed by atoms with Gasteiger partial charge in [0.05, 0.1) is 12.7 Å². The SMILES string of the molecule is CCO[C@H](CC/C=C/C(=O)NO)[C@H](O)c1ccc(OCCO)cc1. The molecule has 0 aliphatic heterocycles. The Balaban J connectivity index is 2.62. The average Bonchev–Trinajstić information content (AvgIpc) is 2.62. The van der Waals surface area contributed by atoms with Crippen molar-refractivity contribution in [1.82, 2.24) is 5.48 Å². The summed E-state index contributed by atoms with van der Waals surface area (Å²) in [5.74, 6) is 0.0212. The monoisotopic (exact) mass is 339 g/mol. The minimum atomic E-state index is -0.808. The largest absolute Gasteiger partial charge is 0.491 e. The molecule has 0 saturated carbocycles. The highest BCUT2D eigenvalue weighted by Gasteiger charge is 2.20. The van der Waals surface area contributed by atoms with Crippen LogP contribution in [0.1, 0.15) is 31.4 Å². The van der Waals surface area contributed by atoms with Gasteiger partial charge in [-0.25, -0.2) is 5.48 Å². The molecule has 0 aliphatic carbocycles. The molecule has 1 amide bonds. The second-order valence-electron chi connectivity index (χ2n) is 5.04. The quantitative estimate of drug-likeness (QED) is 0.275. The third kappa shape index (κ3) is 7.10. The molecule has 4 N–H and O–H groups in total. The molecule has 0 heterocycles. The van der Waals surface area contributed by atoms with Gasteiger partial charge >= 0.3 is 0 Å². The minimum absolute atomic E-state index is 0.0569. The van der Waals surface area contributed by atoms with Crippen LogP contribution < -0.4 is 10.2 Å². The third-order valence-electron chi connectivity index (χ3n) is 3.31. The maximum atomic E-state index is 10.9. The number of allylic oxidation sites excluding steroid dienone is 1. The third-order valence-corrected chi connectivity index (χ3v) is 3.31. The zero-order valence-corrected chi connectivity index (χ0v) is 13.7. The molecule has 0 fully saturated rings. The van der Waals surface area contributed by atoms with E-state index in [9.17, 15) is 9.90 Å². The Bertz CT molecular complexity index is 502. The van der Waals surface area contributed by atoms with Crippen LogP contribution in [0.2, 0.25) is 0 Å². The molecule has 0 bridgehead atoms. The molecule has 0 saturated heterocycles. The number of carbonyl (C=O) groups excluding carboxylic acids is 1. The van der Waals surface area contributed by atoms with Gasteiger partial charge in [-0.05, 0) is 37.5 Å². The number of hydroxylamine groups is 1. The summed E-state index contributed by atoms with van der Waals surface area (Å²) in [4.78, 5) is 10.9. The summed E-state index contributed by atoms with van der Waals surface area (Å²) in [5, 5.41) is 27.6. The first-order valence-electron chi connectivity index (χ1n) is 7.86. The molecule has 134 valence electrons. The fraction of sp³-hybridized carbons (Fsp3) is 0.471. The number of amides is 1. The Hall–Kier alpha value is -1.93. The van der Waals surface area contributed by atoms with Gasteiger partial charge in [0.1, 0.15) is 18.5 Å². The van der Waals surface area contributed by atoms with E-state index < -0.39 is 18.1 Å². The molecule has 0 aromatic heterocycles. The van der Waals surface area contributed by atoms with Crippen molar-refractivity contribution < 1.29 is 29.7 Å². The van der Waals surface area contributed by atoms with Crippen molar-refractivity contribution in [3.63, 3.8) is 0 Å². The summed E-state index contributed by atoms with van der Waals surface area (Å²) >= 11 is 0. The van der Waals surface area contributed by atoms with E-state index in [-0.39, 0.29) is 13.2 Å². The van der Waals surface area contributed by atoms with Crippen LogP contribution in [0.3, 0.4) is 0 Å². The minimum Gasteiger partial charge on any atom is -0.491 e. The molecule has 7 heteroatoms. The zero-order valence-electron chi connectivity index (χ0n) is 13.7. The fourth-order valence-electron chi connectivity index (χ4n) is 2.17. The number of hydrogen-bond donors (Lipinski definition) is 4. The maximum Gasteiger partial charge on any atom is 0.267 e. The Kier molecular flexibility index (Phi) is 9.71. The summed E-state index contributed by atoms with van der Waals surface area (Å²) in [6, 6.07) is 6.95. The Labute approximate surface area is 141 Å². The van der Waals surface area contributed by atoms with Crippen molar-refractivity contribution in [1.29, 1.82) is 0 Å². The van der Waals surface area contributed by atoms with Gasteiger partial charge in [0.25, 0.3) is 5.91 Å². The highest BCUT2D eigenvalue weighted by Crippen LogP contribution is 2.25. The van der Waals surface area contributed by atoms with Crippen molar-refractivity contribution >= 4 is 5.91 Å². The fourth-order valence-corrected chi connectivity index (χ4v) is 2.17. The lowest BCUT2D eigenvalue weighted by molar-refractivity contribution is -0.124. The predicted octanol–water partition coefficient (Wildman–Crippen LogP) is 1.34. The van der Waals surface area contributed by atoms with Crippen molar-refractivity contribution in [2.24, 2.45) is 0 Å². The molecule has 1 rings (SSSR count). The van der Waals surface area contributed by atoms with Crippen LogP contribution in [0.4, 0.5) is 0 Å². The lowest BCUT2D eigenvalue weighted by Gasteiger charge is -2.23. The first-order valence-corrected chi connectivity index (χ1v) is 7.86. The number of benzene rings is 1. The van der Waals surface area contributed by atoms with E-state index in [0.29, 0.717) is 30.8 Å². The molecule has 24 heavy (non-hydrogen) atoms. The van der Waals surface area contributed by atoms with E-state index in [2.05, 4.69) is 0 Å². The van der Waals surface area contributed by atoms with Crippen LogP contribution in [-0.4, -0.2) is 47.3 Å². The van der Waals surface area contributed by atoms with E-state index >= 15 is 0 Å². The van der Waals surface area contributed by atoms with E-state index in [1.54, 1.807) is 30.3 Å².